The Kier molecular flexibility index (Phi) is 4.66. The van der Waals surface area contributed by atoms with Crippen LogP contribution in [-0.4, -0.2) is 45.4 Å². The van der Waals surface area contributed by atoms with Gasteiger partial charge in [-0.25, -0.2) is 18.6 Å². The Morgan fingerprint density at radius 1 is 1.19 bits per heavy atom. The van der Waals surface area contributed by atoms with Gasteiger partial charge in [-0.1, -0.05) is 0 Å². The predicted molar refractivity (Wildman–Crippen MR) is 110 cm³/mol. The fraction of sp³-hybridized carbons (Fsp3) is 0.182. The van der Waals surface area contributed by atoms with E-state index in [0.29, 0.717) is 17.5 Å². The number of aromatic amines is 1. The maximum atomic E-state index is 14.3. The molecule has 1 saturated heterocycles. The third-order valence-corrected chi connectivity index (χ3v) is 5.50. The van der Waals surface area contributed by atoms with Crippen molar-refractivity contribution in [3.05, 3.63) is 70.2 Å². The van der Waals surface area contributed by atoms with Crippen LogP contribution in [0, 0.1) is 28.9 Å². The van der Waals surface area contributed by atoms with Crippen molar-refractivity contribution in [2.24, 2.45) is 5.10 Å². The molecular formula is C22H15F3N6O. The molecule has 160 valence electrons. The van der Waals surface area contributed by atoms with Crippen molar-refractivity contribution in [1.29, 1.82) is 5.26 Å². The smallest absolute Gasteiger partial charge is 0.315 e. The van der Waals surface area contributed by atoms with E-state index in [2.05, 4.69) is 15.3 Å². The summed E-state index contributed by atoms with van der Waals surface area (Å²) < 4.78 is 41.7. The number of likely N-dealkylation sites (tertiary alicyclic amines) is 1. The van der Waals surface area contributed by atoms with Crippen LogP contribution in [-0.2, 0) is 0 Å². The van der Waals surface area contributed by atoms with E-state index in [4.69, 9.17) is 5.26 Å². The summed E-state index contributed by atoms with van der Waals surface area (Å²) in [6, 6.07) is 7.52. The van der Waals surface area contributed by atoms with Gasteiger partial charge in [0.25, 0.3) is 0 Å². The number of benzene rings is 2. The first kappa shape index (κ1) is 19.8. The number of carbonyl (C=O) groups is 1. The number of H-pyrrole nitrogens is 1. The fourth-order valence-corrected chi connectivity index (χ4v) is 3.91. The van der Waals surface area contributed by atoms with Crippen LogP contribution in [0.2, 0.25) is 0 Å². The summed E-state index contributed by atoms with van der Waals surface area (Å²) >= 11 is 0. The second-order valence-electron chi connectivity index (χ2n) is 7.65. The molecule has 2 amide bonds. The van der Waals surface area contributed by atoms with Crippen molar-refractivity contribution in [3.8, 4) is 6.07 Å². The summed E-state index contributed by atoms with van der Waals surface area (Å²) in [5.41, 5.74) is 2.04. The van der Waals surface area contributed by atoms with Gasteiger partial charge >= 0.3 is 6.03 Å². The van der Waals surface area contributed by atoms with E-state index in [9.17, 15) is 18.0 Å². The number of amides is 2. The van der Waals surface area contributed by atoms with Crippen LogP contribution in [0.3, 0.4) is 0 Å². The van der Waals surface area contributed by atoms with Crippen LogP contribution in [0.15, 0.2) is 41.0 Å². The normalized spacial score (nSPS) is 17.6. The molecule has 3 heterocycles. The number of urea groups is 1. The van der Waals surface area contributed by atoms with Crippen molar-refractivity contribution in [2.45, 2.75) is 12.5 Å². The molecule has 5 rings (SSSR count). The Labute approximate surface area is 180 Å². The number of rotatable bonds is 2. The number of fused-ring (bicyclic) bond motifs is 1. The highest BCUT2D eigenvalue weighted by Crippen LogP contribution is 2.32. The van der Waals surface area contributed by atoms with Gasteiger partial charge in [-0.05, 0) is 47.5 Å². The summed E-state index contributed by atoms with van der Waals surface area (Å²) in [5, 5.41) is 20.5. The second-order valence-corrected chi connectivity index (χ2v) is 7.65. The zero-order valence-corrected chi connectivity index (χ0v) is 16.5. The Morgan fingerprint density at radius 3 is 2.78 bits per heavy atom. The van der Waals surface area contributed by atoms with Crippen LogP contribution in [0.5, 0.6) is 0 Å². The van der Waals surface area contributed by atoms with E-state index in [0.717, 1.165) is 17.7 Å². The molecule has 1 aromatic heterocycles. The quantitative estimate of drug-likeness (QED) is 0.656. The molecule has 0 spiro atoms. The highest BCUT2D eigenvalue weighted by Gasteiger charge is 2.35. The number of hydrazone groups is 1. The lowest BCUT2D eigenvalue weighted by atomic mass is 10.0. The van der Waals surface area contributed by atoms with Gasteiger partial charge in [0.05, 0.1) is 28.6 Å². The Morgan fingerprint density at radius 2 is 2.00 bits per heavy atom. The van der Waals surface area contributed by atoms with Gasteiger partial charge in [-0.2, -0.15) is 19.9 Å². The molecule has 0 bridgehead atoms. The van der Waals surface area contributed by atoms with E-state index in [-0.39, 0.29) is 35.6 Å². The van der Waals surface area contributed by atoms with Gasteiger partial charge in [0, 0.05) is 31.3 Å². The number of hydrogen-bond acceptors (Lipinski definition) is 4. The SMILES string of the molecule is N#Cc1cc(F)cc(C2CC=NN2C(=O)N2CC(=Cc3cc4n[nH]c(F)c4cc3F)C2)c1. The highest BCUT2D eigenvalue weighted by atomic mass is 19.1. The van der Waals surface area contributed by atoms with E-state index in [1.165, 1.54) is 22.0 Å². The molecule has 32 heavy (non-hydrogen) atoms. The summed E-state index contributed by atoms with van der Waals surface area (Å²) in [6.07, 6.45) is 3.59. The molecule has 10 heteroatoms. The lowest BCUT2D eigenvalue weighted by Crippen LogP contribution is -2.49. The van der Waals surface area contributed by atoms with Crippen molar-refractivity contribution in [2.75, 3.05) is 13.1 Å². The highest BCUT2D eigenvalue weighted by molar-refractivity contribution is 5.83. The van der Waals surface area contributed by atoms with Gasteiger partial charge in [0.15, 0.2) is 0 Å². The topological polar surface area (TPSA) is 88.4 Å². The molecule has 0 aliphatic carbocycles. The van der Waals surface area contributed by atoms with Crippen molar-refractivity contribution < 1.29 is 18.0 Å². The number of hydrogen-bond donors (Lipinski definition) is 1. The number of nitrogens with zero attached hydrogens (tertiary/aromatic N) is 5. The molecule has 1 fully saturated rings. The van der Waals surface area contributed by atoms with Crippen LogP contribution in [0.4, 0.5) is 18.0 Å². The van der Waals surface area contributed by atoms with Crippen LogP contribution in [0.1, 0.15) is 29.2 Å². The molecule has 2 aliphatic heterocycles. The lowest BCUT2D eigenvalue weighted by molar-refractivity contribution is 0.136. The summed E-state index contributed by atoms with van der Waals surface area (Å²) in [4.78, 5) is 14.4. The molecule has 3 aromatic rings. The average Bonchev–Trinajstić information content (AvgIpc) is 3.37. The van der Waals surface area contributed by atoms with Crippen molar-refractivity contribution in [3.63, 3.8) is 0 Å². The maximum Gasteiger partial charge on any atom is 0.341 e. The molecule has 7 nitrogen and oxygen atoms in total. The molecule has 2 aliphatic rings. The number of nitriles is 1. The summed E-state index contributed by atoms with van der Waals surface area (Å²) in [6.45, 7) is 0.549. The van der Waals surface area contributed by atoms with Gasteiger partial charge in [0.2, 0.25) is 5.95 Å². The van der Waals surface area contributed by atoms with E-state index in [1.807, 2.05) is 6.07 Å². The number of aromatic nitrogens is 2. The van der Waals surface area contributed by atoms with Crippen LogP contribution < -0.4 is 0 Å². The zero-order chi connectivity index (χ0) is 22.4. The van der Waals surface area contributed by atoms with Crippen LogP contribution >= 0.6 is 0 Å². The minimum absolute atomic E-state index is 0.0740. The third-order valence-electron chi connectivity index (χ3n) is 5.50. The largest absolute Gasteiger partial charge is 0.341 e. The molecular weight excluding hydrogens is 421 g/mol. The molecule has 1 N–H and O–H groups in total. The van der Waals surface area contributed by atoms with Crippen molar-refractivity contribution in [1.82, 2.24) is 20.1 Å². The molecule has 1 atom stereocenters. The standard InChI is InChI=1S/C22H15F3N6O/c23-16-5-12(9-26)3-15(6-16)20-1-2-27-31(20)22(32)30-10-13(11-30)4-14-7-19-17(8-18(14)24)21(25)29-28-19/h2-8,20H,1,10-11H2,(H,28,29). The van der Waals surface area contributed by atoms with Crippen LogP contribution in [0.25, 0.3) is 17.0 Å². The Balaban J connectivity index is 1.31. The number of nitrogens with one attached hydrogen (secondary N) is 1. The van der Waals surface area contributed by atoms with E-state index in [1.54, 1.807) is 18.4 Å². The first-order valence-corrected chi connectivity index (χ1v) is 9.76. The van der Waals surface area contributed by atoms with Gasteiger partial charge in [-0.3, -0.25) is 5.10 Å². The average molecular weight is 436 g/mol. The van der Waals surface area contributed by atoms with Gasteiger partial charge in [-0.15, -0.1) is 0 Å². The first-order chi connectivity index (χ1) is 15.4. The summed E-state index contributed by atoms with van der Waals surface area (Å²) in [7, 11) is 0. The Bertz CT molecular complexity index is 1350. The zero-order valence-electron chi connectivity index (χ0n) is 16.5. The summed E-state index contributed by atoms with van der Waals surface area (Å²) in [5.74, 6) is -1.83. The minimum atomic E-state index is -0.695. The predicted octanol–water partition coefficient (Wildman–Crippen LogP) is 4.10. The molecule has 0 saturated carbocycles. The fourth-order valence-electron chi connectivity index (χ4n) is 3.91. The Hall–Kier alpha value is -4.13. The molecule has 0 radical (unpaired) electrons. The maximum absolute atomic E-state index is 14.3. The monoisotopic (exact) mass is 436 g/mol. The van der Waals surface area contributed by atoms with Gasteiger partial charge in [0.1, 0.15) is 11.6 Å². The second kappa shape index (κ2) is 7.53. The van der Waals surface area contributed by atoms with E-state index >= 15 is 0 Å². The lowest BCUT2D eigenvalue weighted by Gasteiger charge is -2.37. The van der Waals surface area contributed by atoms with Gasteiger partial charge < -0.3 is 4.90 Å². The minimum Gasteiger partial charge on any atom is -0.315 e. The van der Waals surface area contributed by atoms with E-state index < -0.39 is 23.6 Å². The third kappa shape index (κ3) is 3.37. The molecule has 1 unspecified atom stereocenters. The number of halogens is 3. The first-order valence-electron chi connectivity index (χ1n) is 9.76. The number of carbonyl (C=O) groups excluding carboxylic acids is 1. The van der Waals surface area contributed by atoms with Crippen molar-refractivity contribution >= 4 is 29.2 Å². The molecule has 2 aromatic carbocycles.